The van der Waals surface area contributed by atoms with Crippen molar-refractivity contribution >= 4 is 5.91 Å². The van der Waals surface area contributed by atoms with Gasteiger partial charge < -0.3 is 5.32 Å². The van der Waals surface area contributed by atoms with Crippen LogP contribution in [0.5, 0.6) is 0 Å². The second-order valence-electron chi connectivity index (χ2n) is 6.03. The second-order valence-corrected chi connectivity index (χ2v) is 6.03. The lowest BCUT2D eigenvalue weighted by Crippen LogP contribution is -2.44. The highest BCUT2D eigenvalue weighted by Crippen LogP contribution is 2.18. The summed E-state index contributed by atoms with van der Waals surface area (Å²) in [6, 6.07) is 8.44. The first-order valence-corrected chi connectivity index (χ1v) is 7.76. The van der Waals surface area contributed by atoms with Gasteiger partial charge in [0.05, 0.1) is 0 Å². The number of amides is 1. The number of rotatable bonds is 4. The number of aromatic amines is 1. The molecule has 1 aromatic carbocycles. The molecule has 1 aromatic heterocycles. The van der Waals surface area contributed by atoms with E-state index in [1.165, 1.54) is 18.2 Å². The molecule has 1 unspecified atom stereocenters. The molecule has 2 N–H and O–H groups in total. The van der Waals surface area contributed by atoms with Gasteiger partial charge in [-0.2, -0.15) is 0 Å². The molecule has 0 spiro atoms. The maximum absolute atomic E-state index is 12.1. The van der Waals surface area contributed by atoms with Gasteiger partial charge in [0, 0.05) is 32.7 Å². The molecule has 2 aromatic rings. The van der Waals surface area contributed by atoms with Crippen LogP contribution in [0.3, 0.4) is 0 Å². The molecule has 7 nitrogen and oxygen atoms in total. The smallest absolute Gasteiger partial charge is 0.343 e. The SMILES string of the molecule is CC(CN1CCc2ccccc2C1)NC(=O)c1nn(C)c(=O)[nH]1. The Labute approximate surface area is 134 Å². The number of carbonyl (C=O) groups excluding carboxylic acids is 1. The van der Waals surface area contributed by atoms with Gasteiger partial charge in [-0.3, -0.25) is 14.7 Å². The zero-order valence-corrected chi connectivity index (χ0v) is 13.4. The first-order valence-electron chi connectivity index (χ1n) is 7.76. The average Bonchev–Trinajstić information content (AvgIpc) is 2.86. The third kappa shape index (κ3) is 3.50. The predicted octanol–water partition coefficient (Wildman–Crippen LogP) is 0.285. The summed E-state index contributed by atoms with van der Waals surface area (Å²) >= 11 is 0. The summed E-state index contributed by atoms with van der Waals surface area (Å²) in [5.74, 6) is -0.305. The number of aryl methyl sites for hydroxylation is 1. The van der Waals surface area contributed by atoms with Crippen LogP contribution in [-0.2, 0) is 20.0 Å². The van der Waals surface area contributed by atoms with Crippen molar-refractivity contribution in [2.75, 3.05) is 13.1 Å². The molecule has 2 heterocycles. The van der Waals surface area contributed by atoms with Crippen molar-refractivity contribution in [2.24, 2.45) is 7.05 Å². The number of carbonyl (C=O) groups is 1. The van der Waals surface area contributed by atoms with E-state index < -0.39 is 5.69 Å². The molecule has 0 bridgehead atoms. The minimum Gasteiger partial charge on any atom is -0.346 e. The maximum Gasteiger partial charge on any atom is 0.343 e. The van der Waals surface area contributed by atoms with E-state index in [0.717, 1.165) is 30.7 Å². The van der Waals surface area contributed by atoms with Gasteiger partial charge in [0.1, 0.15) is 0 Å². The Balaban J connectivity index is 1.56. The average molecular weight is 315 g/mol. The highest BCUT2D eigenvalue weighted by molar-refractivity contribution is 5.90. The molecule has 7 heteroatoms. The number of nitrogens with zero attached hydrogens (tertiary/aromatic N) is 3. The van der Waals surface area contributed by atoms with E-state index in [-0.39, 0.29) is 17.8 Å². The number of benzene rings is 1. The van der Waals surface area contributed by atoms with E-state index in [0.29, 0.717) is 0 Å². The van der Waals surface area contributed by atoms with Gasteiger partial charge in [-0.25, -0.2) is 9.48 Å². The van der Waals surface area contributed by atoms with Crippen LogP contribution in [0.2, 0.25) is 0 Å². The second kappa shape index (κ2) is 6.37. The van der Waals surface area contributed by atoms with Gasteiger partial charge in [-0.05, 0) is 24.5 Å². The molecule has 1 amide bonds. The van der Waals surface area contributed by atoms with Gasteiger partial charge in [0.25, 0.3) is 5.91 Å². The quantitative estimate of drug-likeness (QED) is 0.849. The monoisotopic (exact) mass is 315 g/mol. The molecule has 3 rings (SSSR count). The van der Waals surface area contributed by atoms with E-state index in [1.54, 1.807) is 0 Å². The van der Waals surface area contributed by atoms with Gasteiger partial charge in [-0.1, -0.05) is 24.3 Å². The van der Waals surface area contributed by atoms with Gasteiger partial charge in [-0.15, -0.1) is 5.10 Å². The van der Waals surface area contributed by atoms with Crippen LogP contribution in [0, 0.1) is 0 Å². The maximum atomic E-state index is 12.1. The number of hydrogen-bond donors (Lipinski definition) is 2. The number of aromatic nitrogens is 3. The molecule has 122 valence electrons. The standard InChI is InChI=1S/C16H21N5O2/c1-11(17-15(22)14-18-16(23)20(2)19-14)9-21-8-7-12-5-3-4-6-13(12)10-21/h3-6,11H,7-10H2,1-2H3,(H,17,22)(H,18,19,23). The van der Waals surface area contributed by atoms with Crippen molar-refractivity contribution in [3.63, 3.8) is 0 Å². The fourth-order valence-electron chi connectivity index (χ4n) is 2.94. The first-order chi connectivity index (χ1) is 11.0. The zero-order chi connectivity index (χ0) is 16.4. The minimum absolute atomic E-state index is 0.0294. The lowest BCUT2D eigenvalue weighted by molar-refractivity contribution is 0.0916. The summed E-state index contributed by atoms with van der Waals surface area (Å²) in [5, 5.41) is 6.74. The molecule has 1 atom stereocenters. The molecule has 0 aliphatic carbocycles. The Kier molecular flexibility index (Phi) is 4.29. The highest BCUT2D eigenvalue weighted by atomic mass is 16.2. The largest absolute Gasteiger partial charge is 0.346 e. The predicted molar refractivity (Wildman–Crippen MR) is 86.2 cm³/mol. The first kappa shape index (κ1) is 15.5. The highest BCUT2D eigenvalue weighted by Gasteiger charge is 2.20. The van der Waals surface area contributed by atoms with Gasteiger partial charge in [0.15, 0.2) is 0 Å². The third-order valence-electron chi connectivity index (χ3n) is 4.10. The van der Waals surface area contributed by atoms with Crippen LogP contribution in [-0.4, -0.2) is 44.7 Å². The minimum atomic E-state index is -0.393. The fourth-order valence-corrected chi connectivity index (χ4v) is 2.94. The summed E-state index contributed by atoms with van der Waals surface area (Å²) in [6.45, 7) is 4.60. The number of hydrogen-bond acceptors (Lipinski definition) is 4. The Hall–Kier alpha value is -2.41. The lowest BCUT2D eigenvalue weighted by atomic mass is 10.00. The summed E-state index contributed by atoms with van der Waals surface area (Å²) in [5.41, 5.74) is 2.37. The van der Waals surface area contributed by atoms with Crippen molar-refractivity contribution in [1.29, 1.82) is 0 Å². The van der Waals surface area contributed by atoms with Crippen LogP contribution in [0.4, 0.5) is 0 Å². The number of H-pyrrole nitrogens is 1. The summed E-state index contributed by atoms with van der Waals surface area (Å²) in [4.78, 5) is 28.2. The Morgan fingerprint density at radius 3 is 2.83 bits per heavy atom. The van der Waals surface area contributed by atoms with E-state index in [1.807, 2.05) is 6.92 Å². The van der Waals surface area contributed by atoms with Gasteiger partial charge >= 0.3 is 5.69 Å². The van der Waals surface area contributed by atoms with Crippen LogP contribution >= 0.6 is 0 Å². The molecule has 23 heavy (non-hydrogen) atoms. The summed E-state index contributed by atoms with van der Waals surface area (Å²) in [6.07, 6.45) is 1.03. The summed E-state index contributed by atoms with van der Waals surface area (Å²) < 4.78 is 1.11. The lowest BCUT2D eigenvalue weighted by Gasteiger charge is -2.30. The van der Waals surface area contributed by atoms with E-state index in [4.69, 9.17) is 0 Å². The Morgan fingerprint density at radius 1 is 1.39 bits per heavy atom. The van der Waals surface area contributed by atoms with E-state index in [2.05, 4.69) is 44.6 Å². The molecular formula is C16H21N5O2. The molecule has 0 saturated heterocycles. The van der Waals surface area contributed by atoms with E-state index >= 15 is 0 Å². The molecule has 0 saturated carbocycles. The van der Waals surface area contributed by atoms with Crippen molar-refractivity contribution in [2.45, 2.75) is 25.9 Å². The molecule has 0 fully saturated rings. The topological polar surface area (TPSA) is 83.0 Å². The van der Waals surface area contributed by atoms with Crippen molar-refractivity contribution in [3.05, 3.63) is 51.7 Å². The third-order valence-corrected chi connectivity index (χ3v) is 4.10. The Bertz CT molecular complexity index is 764. The molecular weight excluding hydrogens is 294 g/mol. The molecule has 1 aliphatic heterocycles. The number of nitrogens with one attached hydrogen (secondary N) is 2. The Morgan fingerprint density at radius 2 is 2.13 bits per heavy atom. The normalized spacial score (nSPS) is 15.9. The number of fused-ring (bicyclic) bond motifs is 1. The van der Waals surface area contributed by atoms with Gasteiger partial charge in [0.2, 0.25) is 5.82 Å². The molecule has 0 radical (unpaired) electrons. The fraction of sp³-hybridized carbons (Fsp3) is 0.438. The van der Waals surface area contributed by atoms with Crippen molar-refractivity contribution in [3.8, 4) is 0 Å². The van der Waals surface area contributed by atoms with E-state index in [9.17, 15) is 9.59 Å². The van der Waals surface area contributed by atoms with Crippen LogP contribution < -0.4 is 11.0 Å². The van der Waals surface area contributed by atoms with Crippen LogP contribution in [0.15, 0.2) is 29.1 Å². The summed E-state index contributed by atoms with van der Waals surface area (Å²) in [7, 11) is 1.50. The van der Waals surface area contributed by atoms with Crippen LogP contribution in [0.25, 0.3) is 0 Å². The van der Waals surface area contributed by atoms with Crippen LogP contribution in [0.1, 0.15) is 28.7 Å². The van der Waals surface area contributed by atoms with Crippen molar-refractivity contribution < 1.29 is 4.79 Å². The molecule has 1 aliphatic rings. The zero-order valence-electron chi connectivity index (χ0n) is 13.4. The van der Waals surface area contributed by atoms with Crippen molar-refractivity contribution in [1.82, 2.24) is 25.0 Å².